The number of nitrogens with one attached hydrogen (secondary N) is 1. The van der Waals surface area contributed by atoms with E-state index in [9.17, 15) is 19.2 Å². The molecule has 218 valence electrons. The second kappa shape index (κ2) is 13.5. The van der Waals surface area contributed by atoms with Crippen LogP contribution >= 0.6 is 0 Å². The number of fused-ring (bicyclic) bond motifs is 1. The number of rotatable bonds is 12. The number of carbonyl (C=O) groups is 4. The number of methoxy groups -OCH3 is 1. The molecule has 0 radical (unpaired) electrons. The maximum atomic E-state index is 14.0. The topological polar surface area (TPSA) is 96.0 Å². The summed E-state index contributed by atoms with van der Waals surface area (Å²) >= 11 is 0. The van der Waals surface area contributed by atoms with Crippen LogP contribution in [-0.4, -0.2) is 59.2 Å². The minimum Gasteiger partial charge on any atom is -0.497 e. The van der Waals surface area contributed by atoms with Crippen molar-refractivity contribution in [1.29, 1.82) is 0 Å². The molecular formula is C34H37N3O5. The Morgan fingerprint density at radius 1 is 0.905 bits per heavy atom. The number of hydrogen-bond acceptors (Lipinski definition) is 5. The van der Waals surface area contributed by atoms with Crippen molar-refractivity contribution in [3.8, 4) is 5.75 Å². The Morgan fingerprint density at radius 3 is 2.21 bits per heavy atom. The van der Waals surface area contributed by atoms with Crippen molar-refractivity contribution in [2.24, 2.45) is 0 Å². The number of amides is 4. The van der Waals surface area contributed by atoms with Crippen molar-refractivity contribution >= 4 is 23.6 Å². The highest BCUT2D eigenvalue weighted by molar-refractivity contribution is 6.21. The normalized spacial score (nSPS) is 15.4. The van der Waals surface area contributed by atoms with Crippen molar-refractivity contribution in [2.75, 3.05) is 13.7 Å². The highest BCUT2D eigenvalue weighted by atomic mass is 16.5. The van der Waals surface area contributed by atoms with Gasteiger partial charge in [0.2, 0.25) is 11.8 Å². The molecule has 0 spiro atoms. The number of carbonyl (C=O) groups excluding carboxylic acids is 4. The molecule has 0 aromatic heterocycles. The van der Waals surface area contributed by atoms with E-state index < -0.39 is 6.04 Å². The van der Waals surface area contributed by atoms with Crippen molar-refractivity contribution in [2.45, 2.75) is 63.6 Å². The lowest BCUT2D eigenvalue weighted by Gasteiger charge is -2.32. The summed E-state index contributed by atoms with van der Waals surface area (Å²) in [6.45, 7) is 0.349. The molecule has 3 aromatic rings. The first-order valence-electron chi connectivity index (χ1n) is 14.7. The van der Waals surface area contributed by atoms with Gasteiger partial charge in [-0.25, -0.2) is 0 Å². The molecular weight excluding hydrogens is 530 g/mol. The Bertz CT molecular complexity index is 1400. The maximum absolute atomic E-state index is 14.0. The molecule has 0 saturated heterocycles. The van der Waals surface area contributed by atoms with E-state index in [2.05, 4.69) is 5.32 Å². The SMILES string of the molecule is COc1cccc(CN(C(=O)CCCN2C(=O)c3ccccc3C2=O)C(Cc2ccccc2)C(=O)NC2CCCC2)c1. The van der Waals surface area contributed by atoms with Gasteiger partial charge in [0, 0.05) is 32.0 Å². The van der Waals surface area contributed by atoms with Crippen LogP contribution in [0, 0.1) is 0 Å². The third-order valence-electron chi connectivity index (χ3n) is 8.11. The predicted octanol–water partition coefficient (Wildman–Crippen LogP) is 4.77. The molecule has 3 aromatic carbocycles. The highest BCUT2D eigenvalue weighted by Gasteiger charge is 2.36. The van der Waals surface area contributed by atoms with Gasteiger partial charge in [0.1, 0.15) is 11.8 Å². The van der Waals surface area contributed by atoms with E-state index in [0.29, 0.717) is 29.7 Å². The molecule has 1 unspecified atom stereocenters. The first-order chi connectivity index (χ1) is 20.4. The van der Waals surface area contributed by atoms with Crippen molar-refractivity contribution in [3.63, 3.8) is 0 Å². The number of hydrogen-bond donors (Lipinski definition) is 1. The number of ether oxygens (including phenoxy) is 1. The minimum absolute atomic E-state index is 0.0827. The lowest BCUT2D eigenvalue weighted by atomic mass is 10.0. The van der Waals surface area contributed by atoms with Crippen LogP contribution in [0.4, 0.5) is 0 Å². The van der Waals surface area contributed by atoms with Crippen LogP contribution in [0.5, 0.6) is 5.75 Å². The average Bonchev–Trinajstić information content (AvgIpc) is 3.61. The first kappa shape index (κ1) is 29.0. The second-order valence-corrected chi connectivity index (χ2v) is 11.0. The summed E-state index contributed by atoms with van der Waals surface area (Å²) < 4.78 is 5.41. The fourth-order valence-electron chi connectivity index (χ4n) is 5.86. The molecule has 4 amide bonds. The molecule has 1 heterocycles. The summed E-state index contributed by atoms with van der Waals surface area (Å²) in [7, 11) is 1.59. The van der Waals surface area contributed by atoms with Crippen molar-refractivity contribution in [1.82, 2.24) is 15.1 Å². The minimum atomic E-state index is -0.731. The van der Waals surface area contributed by atoms with Crippen molar-refractivity contribution < 1.29 is 23.9 Å². The van der Waals surface area contributed by atoms with Crippen LogP contribution in [0.2, 0.25) is 0 Å². The van der Waals surface area contributed by atoms with Crippen LogP contribution in [-0.2, 0) is 22.6 Å². The zero-order chi connectivity index (χ0) is 29.5. The Morgan fingerprint density at radius 2 is 1.55 bits per heavy atom. The fourth-order valence-corrected chi connectivity index (χ4v) is 5.86. The summed E-state index contributed by atoms with van der Waals surface area (Å²) in [5, 5.41) is 3.21. The highest BCUT2D eigenvalue weighted by Crippen LogP contribution is 2.24. The van der Waals surface area contributed by atoms with E-state index in [-0.39, 0.29) is 49.2 Å². The van der Waals surface area contributed by atoms with Gasteiger partial charge in [-0.05, 0) is 54.7 Å². The van der Waals surface area contributed by atoms with E-state index in [1.54, 1.807) is 36.3 Å². The molecule has 0 bridgehead atoms. The molecule has 2 aliphatic rings. The monoisotopic (exact) mass is 567 g/mol. The number of benzene rings is 3. The maximum Gasteiger partial charge on any atom is 0.261 e. The van der Waals surface area contributed by atoms with Crippen LogP contribution < -0.4 is 10.1 Å². The Labute approximate surface area is 246 Å². The van der Waals surface area contributed by atoms with Gasteiger partial charge in [-0.2, -0.15) is 0 Å². The molecule has 5 rings (SSSR count). The predicted molar refractivity (Wildman–Crippen MR) is 159 cm³/mol. The average molecular weight is 568 g/mol. The van der Waals surface area contributed by atoms with Gasteiger partial charge in [0.05, 0.1) is 18.2 Å². The quantitative estimate of drug-likeness (QED) is 0.318. The van der Waals surface area contributed by atoms with Gasteiger partial charge in [0.15, 0.2) is 0 Å². The van der Waals surface area contributed by atoms with E-state index >= 15 is 0 Å². The molecule has 8 nitrogen and oxygen atoms in total. The van der Waals surface area contributed by atoms with Gasteiger partial charge in [0.25, 0.3) is 11.8 Å². The summed E-state index contributed by atoms with van der Waals surface area (Å²) in [5.41, 5.74) is 2.58. The standard InChI is InChI=1S/C34H37N3O5/c1-42-27-16-9-13-25(21-27)23-37(30(22-24-11-3-2-4-12-24)32(39)35-26-14-5-6-15-26)31(38)19-10-20-36-33(40)28-17-7-8-18-29(28)34(36)41/h2-4,7-9,11-13,16-18,21,26,30H,5-6,10,14-15,19-20,22-23H2,1H3,(H,35,39). The molecule has 42 heavy (non-hydrogen) atoms. The summed E-state index contributed by atoms with van der Waals surface area (Å²) in [4.78, 5) is 56.3. The van der Waals surface area contributed by atoms with Crippen LogP contribution in [0.3, 0.4) is 0 Å². The Balaban J connectivity index is 1.36. The lowest BCUT2D eigenvalue weighted by molar-refractivity contribution is -0.141. The lowest BCUT2D eigenvalue weighted by Crippen LogP contribution is -2.52. The van der Waals surface area contributed by atoms with Crippen LogP contribution in [0.25, 0.3) is 0 Å². The second-order valence-electron chi connectivity index (χ2n) is 11.0. The van der Waals surface area contributed by atoms with E-state index in [1.807, 2.05) is 54.6 Å². The van der Waals surface area contributed by atoms with E-state index in [1.165, 1.54) is 4.90 Å². The molecule has 1 N–H and O–H groups in total. The molecule has 8 heteroatoms. The zero-order valence-corrected chi connectivity index (χ0v) is 24.0. The van der Waals surface area contributed by atoms with E-state index in [4.69, 9.17) is 4.74 Å². The smallest absolute Gasteiger partial charge is 0.261 e. The summed E-state index contributed by atoms with van der Waals surface area (Å²) in [6.07, 6.45) is 4.78. The molecule has 1 aliphatic heterocycles. The van der Waals surface area contributed by atoms with Gasteiger partial charge in [-0.3, -0.25) is 24.1 Å². The third kappa shape index (κ3) is 6.70. The molecule has 1 atom stereocenters. The number of imide groups is 1. The van der Waals surface area contributed by atoms with Gasteiger partial charge < -0.3 is 15.0 Å². The van der Waals surface area contributed by atoms with Crippen LogP contribution in [0.15, 0.2) is 78.9 Å². The van der Waals surface area contributed by atoms with Gasteiger partial charge in [-0.1, -0.05) is 67.4 Å². The molecule has 1 saturated carbocycles. The largest absolute Gasteiger partial charge is 0.497 e. The fraction of sp³-hybridized carbons (Fsp3) is 0.353. The van der Waals surface area contributed by atoms with Gasteiger partial charge >= 0.3 is 0 Å². The van der Waals surface area contributed by atoms with Crippen molar-refractivity contribution in [3.05, 3.63) is 101 Å². The van der Waals surface area contributed by atoms with Crippen LogP contribution in [0.1, 0.15) is 70.4 Å². The number of nitrogens with zero attached hydrogens (tertiary/aromatic N) is 2. The third-order valence-corrected chi connectivity index (χ3v) is 8.11. The van der Waals surface area contributed by atoms with E-state index in [0.717, 1.165) is 36.8 Å². The zero-order valence-electron chi connectivity index (χ0n) is 24.0. The van der Waals surface area contributed by atoms with Gasteiger partial charge in [-0.15, -0.1) is 0 Å². The molecule has 1 aliphatic carbocycles. The molecule has 1 fully saturated rings. The summed E-state index contributed by atoms with van der Waals surface area (Å²) in [6, 6.07) is 23.3. The Kier molecular flexibility index (Phi) is 9.31. The Hall–Kier alpha value is -4.46. The summed E-state index contributed by atoms with van der Waals surface area (Å²) in [5.74, 6) is -0.386. The first-order valence-corrected chi connectivity index (χ1v) is 14.7.